The Bertz CT molecular complexity index is 469. The van der Waals surface area contributed by atoms with Crippen LogP contribution in [0.25, 0.3) is 0 Å². The standard InChI is InChI=1S/C12H19NO.C4H4O4/c1-10(2)13(3)9-12(14)11-7-5-4-6-8-11;5-3(6)1-2-4(7)8/h4-8,10,12,14H,9H2,1-3H3;1-2H,(H,5,6)(H,7,8). The minimum atomic E-state index is -1.26. The Labute approximate surface area is 130 Å². The lowest BCUT2D eigenvalue weighted by atomic mass is 10.1. The van der Waals surface area contributed by atoms with Gasteiger partial charge in [-0.05, 0) is 26.5 Å². The minimum Gasteiger partial charge on any atom is -0.478 e. The van der Waals surface area contributed by atoms with Gasteiger partial charge in [0.25, 0.3) is 0 Å². The van der Waals surface area contributed by atoms with E-state index < -0.39 is 11.9 Å². The summed E-state index contributed by atoms with van der Waals surface area (Å²) in [5.74, 6) is -2.51. The van der Waals surface area contributed by atoms with E-state index in [0.717, 1.165) is 5.56 Å². The number of aliphatic hydroxyl groups excluding tert-OH is 1. The van der Waals surface area contributed by atoms with Crippen LogP contribution in [0, 0.1) is 0 Å². The monoisotopic (exact) mass is 309 g/mol. The highest BCUT2D eigenvalue weighted by atomic mass is 16.4. The third kappa shape index (κ3) is 9.68. The molecule has 0 fully saturated rings. The van der Waals surface area contributed by atoms with Crippen molar-refractivity contribution >= 4 is 11.9 Å². The van der Waals surface area contributed by atoms with Crippen LogP contribution in [0.1, 0.15) is 25.5 Å². The van der Waals surface area contributed by atoms with Gasteiger partial charge in [-0.2, -0.15) is 0 Å². The van der Waals surface area contributed by atoms with Gasteiger partial charge in [0, 0.05) is 24.7 Å². The SMILES string of the molecule is CC(C)N(C)CC(O)c1ccccc1.O=C(O)C=CC(=O)O. The minimum absolute atomic E-state index is 0.386. The molecule has 1 aromatic carbocycles. The van der Waals surface area contributed by atoms with Crippen molar-refractivity contribution in [1.29, 1.82) is 0 Å². The van der Waals surface area contributed by atoms with Crippen molar-refractivity contribution in [3.63, 3.8) is 0 Å². The van der Waals surface area contributed by atoms with Crippen molar-refractivity contribution in [2.24, 2.45) is 0 Å². The number of benzene rings is 1. The Morgan fingerprint density at radius 1 is 1.09 bits per heavy atom. The van der Waals surface area contributed by atoms with E-state index in [1.807, 2.05) is 37.4 Å². The number of carboxylic acid groups (broad SMARTS) is 2. The molecule has 0 aliphatic rings. The van der Waals surface area contributed by atoms with Crippen LogP contribution in [0.2, 0.25) is 0 Å². The van der Waals surface area contributed by atoms with E-state index in [1.165, 1.54) is 0 Å². The second-order valence-electron chi connectivity index (χ2n) is 4.97. The van der Waals surface area contributed by atoms with Crippen molar-refractivity contribution in [3.05, 3.63) is 48.0 Å². The predicted molar refractivity (Wildman–Crippen MR) is 83.6 cm³/mol. The molecule has 0 amide bonds. The molecule has 6 nitrogen and oxygen atoms in total. The first-order valence-electron chi connectivity index (χ1n) is 6.81. The molecule has 6 heteroatoms. The lowest BCUT2D eigenvalue weighted by Crippen LogP contribution is -2.30. The molecule has 1 atom stereocenters. The van der Waals surface area contributed by atoms with E-state index in [0.29, 0.717) is 24.7 Å². The maximum Gasteiger partial charge on any atom is 0.328 e. The van der Waals surface area contributed by atoms with Crippen LogP contribution in [0.15, 0.2) is 42.5 Å². The molecule has 0 saturated heterocycles. The van der Waals surface area contributed by atoms with E-state index in [1.54, 1.807) is 0 Å². The first-order chi connectivity index (χ1) is 10.2. The van der Waals surface area contributed by atoms with Gasteiger partial charge in [-0.15, -0.1) is 0 Å². The molecule has 0 spiro atoms. The Morgan fingerprint density at radius 3 is 1.91 bits per heavy atom. The molecule has 1 unspecified atom stereocenters. The first kappa shape index (κ1) is 19.8. The van der Waals surface area contributed by atoms with Gasteiger partial charge in [-0.3, -0.25) is 0 Å². The molecule has 0 aliphatic carbocycles. The number of aliphatic hydroxyl groups is 1. The van der Waals surface area contributed by atoms with Crippen molar-refractivity contribution in [2.75, 3.05) is 13.6 Å². The number of nitrogens with zero attached hydrogens (tertiary/aromatic N) is 1. The van der Waals surface area contributed by atoms with Gasteiger partial charge in [0.05, 0.1) is 6.10 Å². The first-order valence-corrected chi connectivity index (χ1v) is 6.81. The fraction of sp³-hybridized carbons (Fsp3) is 0.375. The molecule has 0 radical (unpaired) electrons. The summed E-state index contributed by atoms with van der Waals surface area (Å²) in [5, 5.41) is 25.5. The molecule has 0 bridgehead atoms. The lowest BCUT2D eigenvalue weighted by Gasteiger charge is -2.24. The molecule has 1 aromatic rings. The zero-order chi connectivity index (χ0) is 17.1. The van der Waals surface area contributed by atoms with Gasteiger partial charge in [-0.1, -0.05) is 30.3 Å². The van der Waals surface area contributed by atoms with E-state index in [9.17, 15) is 14.7 Å². The molecule has 0 heterocycles. The average molecular weight is 309 g/mol. The molecular weight excluding hydrogens is 286 g/mol. The van der Waals surface area contributed by atoms with Gasteiger partial charge in [0.15, 0.2) is 0 Å². The number of carboxylic acids is 2. The van der Waals surface area contributed by atoms with Gasteiger partial charge < -0.3 is 20.2 Å². The summed E-state index contributed by atoms with van der Waals surface area (Å²) in [4.78, 5) is 21.2. The molecule has 22 heavy (non-hydrogen) atoms. The van der Waals surface area contributed by atoms with Crippen molar-refractivity contribution < 1.29 is 24.9 Å². The Kier molecular flexibility index (Phi) is 9.49. The highest BCUT2D eigenvalue weighted by Crippen LogP contribution is 2.13. The van der Waals surface area contributed by atoms with Crippen molar-refractivity contribution in [1.82, 2.24) is 4.90 Å². The predicted octanol–water partition coefficient (Wildman–Crippen LogP) is 1.77. The molecule has 122 valence electrons. The lowest BCUT2D eigenvalue weighted by molar-refractivity contribution is -0.134. The fourth-order valence-corrected chi connectivity index (χ4v) is 1.41. The third-order valence-electron chi connectivity index (χ3n) is 2.90. The molecule has 0 saturated carbocycles. The summed E-state index contributed by atoms with van der Waals surface area (Å²) >= 11 is 0. The maximum absolute atomic E-state index is 9.90. The van der Waals surface area contributed by atoms with Crippen LogP contribution < -0.4 is 0 Å². The Hall–Kier alpha value is -2.18. The van der Waals surface area contributed by atoms with Crippen LogP contribution >= 0.6 is 0 Å². The fourth-order valence-electron chi connectivity index (χ4n) is 1.41. The number of rotatable bonds is 6. The third-order valence-corrected chi connectivity index (χ3v) is 2.90. The number of hydrogen-bond donors (Lipinski definition) is 3. The topological polar surface area (TPSA) is 98.1 Å². The average Bonchev–Trinajstić information content (AvgIpc) is 2.46. The summed E-state index contributed by atoms with van der Waals surface area (Å²) in [5.41, 5.74) is 0.986. The largest absolute Gasteiger partial charge is 0.478 e. The van der Waals surface area contributed by atoms with Crippen LogP contribution in [-0.4, -0.2) is 51.8 Å². The number of carbonyl (C=O) groups is 2. The van der Waals surface area contributed by atoms with Crippen LogP contribution in [0.5, 0.6) is 0 Å². The van der Waals surface area contributed by atoms with Crippen LogP contribution in [0.4, 0.5) is 0 Å². The van der Waals surface area contributed by atoms with Gasteiger partial charge in [0.1, 0.15) is 0 Å². The highest BCUT2D eigenvalue weighted by molar-refractivity contribution is 5.89. The Morgan fingerprint density at radius 2 is 1.55 bits per heavy atom. The molecule has 1 rings (SSSR count). The normalized spacial score (nSPS) is 12.1. The summed E-state index contributed by atoms with van der Waals surface area (Å²) < 4.78 is 0. The van der Waals surface area contributed by atoms with E-state index in [4.69, 9.17) is 10.2 Å². The second kappa shape index (κ2) is 10.5. The number of likely N-dealkylation sites (N-methyl/N-ethyl adjacent to an activating group) is 1. The summed E-state index contributed by atoms with van der Waals surface area (Å²) in [6, 6.07) is 10.2. The van der Waals surface area contributed by atoms with Crippen LogP contribution in [-0.2, 0) is 9.59 Å². The second-order valence-corrected chi connectivity index (χ2v) is 4.97. The molecule has 0 aliphatic heterocycles. The summed E-state index contributed by atoms with van der Waals surface area (Å²) in [7, 11) is 2.02. The molecule has 3 N–H and O–H groups in total. The van der Waals surface area contributed by atoms with E-state index >= 15 is 0 Å². The maximum atomic E-state index is 9.90. The van der Waals surface area contributed by atoms with Crippen molar-refractivity contribution in [2.45, 2.75) is 26.0 Å². The van der Waals surface area contributed by atoms with Gasteiger partial charge in [-0.25, -0.2) is 9.59 Å². The highest BCUT2D eigenvalue weighted by Gasteiger charge is 2.11. The van der Waals surface area contributed by atoms with Gasteiger partial charge in [0.2, 0.25) is 0 Å². The zero-order valence-corrected chi connectivity index (χ0v) is 13.0. The Balaban J connectivity index is 0.000000472. The molecular formula is C16H23NO5. The number of hydrogen-bond acceptors (Lipinski definition) is 4. The number of aliphatic carboxylic acids is 2. The van der Waals surface area contributed by atoms with Gasteiger partial charge >= 0.3 is 11.9 Å². The quantitative estimate of drug-likeness (QED) is 0.693. The smallest absolute Gasteiger partial charge is 0.328 e. The van der Waals surface area contributed by atoms with E-state index in [-0.39, 0.29) is 6.10 Å². The summed E-state index contributed by atoms with van der Waals surface area (Å²) in [6.07, 6.45) is 0.730. The van der Waals surface area contributed by atoms with Crippen LogP contribution in [0.3, 0.4) is 0 Å². The zero-order valence-electron chi connectivity index (χ0n) is 13.0. The van der Waals surface area contributed by atoms with Crippen molar-refractivity contribution in [3.8, 4) is 0 Å². The molecule has 0 aromatic heterocycles. The summed E-state index contributed by atoms with van der Waals surface area (Å²) in [6.45, 7) is 4.93. The van der Waals surface area contributed by atoms with E-state index in [2.05, 4.69) is 18.7 Å².